The van der Waals surface area contributed by atoms with Crippen LogP contribution in [0.4, 0.5) is 4.39 Å². The molecule has 0 aliphatic heterocycles. The van der Waals surface area contributed by atoms with Crippen molar-refractivity contribution in [1.29, 1.82) is 0 Å². The van der Waals surface area contributed by atoms with Crippen LogP contribution in [0.2, 0.25) is 0 Å². The molecule has 3 rings (SSSR count). The van der Waals surface area contributed by atoms with Gasteiger partial charge in [0.15, 0.2) is 17.1 Å². The zero-order chi connectivity index (χ0) is 18.7. The molecule has 3 aromatic rings. The lowest BCUT2D eigenvalue weighted by molar-refractivity contribution is 0.211. The Hall–Kier alpha value is -2.34. The molecule has 1 atom stereocenters. The first-order valence-corrected chi connectivity index (χ1v) is 9.42. The maximum Gasteiger partial charge on any atom is 0.191 e. The second kappa shape index (κ2) is 7.91. The van der Waals surface area contributed by atoms with Crippen LogP contribution in [0, 0.1) is 19.7 Å². The first-order chi connectivity index (χ1) is 12.4. The number of benzene rings is 2. The molecule has 0 amide bonds. The molecule has 2 aromatic carbocycles. The SMILES string of the molecule is Cc1cc(C)cc(OC(C)c2nnc(SCc3cccc(F)c3)n2C)c1. The van der Waals surface area contributed by atoms with Crippen molar-refractivity contribution in [3.8, 4) is 5.75 Å². The van der Waals surface area contributed by atoms with E-state index < -0.39 is 0 Å². The van der Waals surface area contributed by atoms with Gasteiger partial charge in [0, 0.05) is 12.8 Å². The summed E-state index contributed by atoms with van der Waals surface area (Å²) in [6, 6.07) is 12.7. The van der Waals surface area contributed by atoms with Crippen molar-refractivity contribution in [2.45, 2.75) is 37.8 Å². The van der Waals surface area contributed by atoms with E-state index in [0.717, 1.165) is 33.4 Å². The van der Waals surface area contributed by atoms with Crippen LogP contribution in [0.3, 0.4) is 0 Å². The van der Waals surface area contributed by atoms with E-state index in [1.807, 2.05) is 50.6 Å². The van der Waals surface area contributed by atoms with Crippen LogP contribution in [0.25, 0.3) is 0 Å². The summed E-state index contributed by atoms with van der Waals surface area (Å²) in [5, 5.41) is 9.31. The number of hydrogen-bond donors (Lipinski definition) is 0. The van der Waals surface area contributed by atoms with Crippen LogP contribution in [0.15, 0.2) is 47.6 Å². The molecular formula is C20H22FN3OS. The number of thioether (sulfide) groups is 1. The number of ether oxygens (including phenoxy) is 1. The minimum Gasteiger partial charge on any atom is -0.483 e. The molecule has 1 aromatic heterocycles. The summed E-state index contributed by atoms with van der Waals surface area (Å²) in [6.45, 7) is 6.06. The van der Waals surface area contributed by atoms with Gasteiger partial charge in [0.1, 0.15) is 11.6 Å². The Morgan fingerprint density at radius 2 is 1.85 bits per heavy atom. The van der Waals surface area contributed by atoms with Crippen molar-refractivity contribution in [3.05, 3.63) is 70.8 Å². The minimum absolute atomic E-state index is 0.225. The predicted molar refractivity (Wildman–Crippen MR) is 102 cm³/mol. The summed E-state index contributed by atoms with van der Waals surface area (Å²) in [7, 11) is 1.92. The fourth-order valence-electron chi connectivity index (χ4n) is 2.84. The number of aromatic nitrogens is 3. The van der Waals surface area contributed by atoms with Gasteiger partial charge in [-0.05, 0) is 61.7 Å². The number of rotatable bonds is 6. The van der Waals surface area contributed by atoms with E-state index in [1.54, 1.807) is 6.07 Å². The molecule has 4 nitrogen and oxygen atoms in total. The molecule has 1 heterocycles. The number of hydrogen-bond acceptors (Lipinski definition) is 4. The van der Waals surface area contributed by atoms with E-state index in [-0.39, 0.29) is 11.9 Å². The van der Waals surface area contributed by atoms with Crippen LogP contribution in [0.5, 0.6) is 5.75 Å². The third kappa shape index (κ3) is 4.43. The lowest BCUT2D eigenvalue weighted by atomic mass is 10.1. The van der Waals surface area contributed by atoms with E-state index in [9.17, 15) is 4.39 Å². The van der Waals surface area contributed by atoms with Gasteiger partial charge < -0.3 is 9.30 Å². The Morgan fingerprint density at radius 3 is 2.54 bits per heavy atom. The Balaban J connectivity index is 1.69. The largest absolute Gasteiger partial charge is 0.483 e. The van der Waals surface area contributed by atoms with Crippen LogP contribution >= 0.6 is 11.8 Å². The number of halogens is 1. The molecular weight excluding hydrogens is 349 g/mol. The van der Waals surface area contributed by atoms with Gasteiger partial charge in [-0.2, -0.15) is 0 Å². The second-order valence-corrected chi connectivity index (χ2v) is 7.34. The summed E-state index contributed by atoms with van der Waals surface area (Å²) >= 11 is 1.53. The quantitative estimate of drug-likeness (QED) is 0.572. The number of aryl methyl sites for hydroxylation is 2. The molecule has 0 fully saturated rings. The third-order valence-corrected chi connectivity index (χ3v) is 5.09. The summed E-state index contributed by atoms with van der Waals surface area (Å²) in [5.74, 6) is 1.99. The Kier molecular flexibility index (Phi) is 5.61. The molecule has 136 valence electrons. The third-order valence-electron chi connectivity index (χ3n) is 4.00. The molecule has 1 unspecified atom stereocenters. The normalized spacial score (nSPS) is 12.2. The van der Waals surface area contributed by atoms with Crippen molar-refractivity contribution in [2.24, 2.45) is 7.05 Å². The lowest BCUT2D eigenvalue weighted by Crippen LogP contribution is -2.10. The van der Waals surface area contributed by atoms with E-state index in [4.69, 9.17) is 4.74 Å². The molecule has 0 spiro atoms. The highest BCUT2D eigenvalue weighted by Crippen LogP contribution is 2.26. The zero-order valence-corrected chi connectivity index (χ0v) is 16.2. The van der Waals surface area contributed by atoms with Crippen LogP contribution in [-0.4, -0.2) is 14.8 Å². The molecule has 0 saturated heterocycles. The van der Waals surface area contributed by atoms with Gasteiger partial charge in [-0.1, -0.05) is 30.0 Å². The molecule has 0 radical (unpaired) electrons. The van der Waals surface area contributed by atoms with E-state index in [0.29, 0.717) is 5.75 Å². The summed E-state index contributed by atoms with van der Waals surface area (Å²) in [5.41, 5.74) is 3.24. The maximum absolute atomic E-state index is 13.3. The van der Waals surface area contributed by atoms with Gasteiger partial charge in [-0.3, -0.25) is 0 Å². The monoisotopic (exact) mass is 371 g/mol. The van der Waals surface area contributed by atoms with Crippen molar-refractivity contribution >= 4 is 11.8 Å². The molecule has 26 heavy (non-hydrogen) atoms. The van der Waals surface area contributed by atoms with Gasteiger partial charge in [0.25, 0.3) is 0 Å². The zero-order valence-electron chi connectivity index (χ0n) is 15.4. The molecule has 6 heteroatoms. The van der Waals surface area contributed by atoms with Gasteiger partial charge in [-0.25, -0.2) is 4.39 Å². The fourth-order valence-corrected chi connectivity index (χ4v) is 3.70. The molecule has 0 N–H and O–H groups in total. The summed E-state index contributed by atoms with van der Waals surface area (Å²) < 4.78 is 21.3. The average molecular weight is 371 g/mol. The first kappa shape index (κ1) is 18.5. The predicted octanol–water partition coefficient (Wildman–Crippen LogP) is 5.00. The van der Waals surface area contributed by atoms with Crippen molar-refractivity contribution in [1.82, 2.24) is 14.8 Å². The smallest absolute Gasteiger partial charge is 0.191 e. The lowest BCUT2D eigenvalue weighted by Gasteiger charge is -2.15. The van der Waals surface area contributed by atoms with E-state index >= 15 is 0 Å². The Morgan fingerprint density at radius 1 is 1.12 bits per heavy atom. The van der Waals surface area contributed by atoms with Gasteiger partial charge >= 0.3 is 0 Å². The minimum atomic E-state index is -0.225. The highest BCUT2D eigenvalue weighted by atomic mass is 32.2. The molecule has 0 saturated carbocycles. The Labute approximate surface area is 157 Å². The molecule has 0 bridgehead atoms. The maximum atomic E-state index is 13.3. The van der Waals surface area contributed by atoms with Crippen molar-refractivity contribution in [3.63, 3.8) is 0 Å². The van der Waals surface area contributed by atoms with E-state index in [2.05, 4.69) is 16.3 Å². The molecule has 0 aliphatic carbocycles. The summed E-state index contributed by atoms with van der Waals surface area (Å²) in [4.78, 5) is 0. The van der Waals surface area contributed by atoms with Gasteiger partial charge in [0.05, 0.1) is 0 Å². The topological polar surface area (TPSA) is 39.9 Å². The highest BCUT2D eigenvalue weighted by Gasteiger charge is 2.17. The van der Waals surface area contributed by atoms with Gasteiger partial charge in [0.2, 0.25) is 0 Å². The van der Waals surface area contributed by atoms with Crippen LogP contribution in [0.1, 0.15) is 35.5 Å². The first-order valence-electron chi connectivity index (χ1n) is 8.44. The second-order valence-electron chi connectivity index (χ2n) is 6.40. The molecule has 0 aliphatic rings. The van der Waals surface area contributed by atoms with Crippen molar-refractivity contribution in [2.75, 3.05) is 0 Å². The fraction of sp³-hybridized carbons (Fsp3) is 0.300. The van der Waals surface area contributed by atoms with Crippen molar-refractivity contribution < 1.29 is 9.13 Å². The average Bonchev–Trinajstić information content (AvgIpc) is 2.93. The van der Waals surface area contributed by atoms with Crippen LogP contribution < -0.4 is 4.74 Å². The highest BCUT2D eigenvalue weighted by molar-refractivity contribution is 7.98. The summed E-state index contributed by atoms with van der Waals surface area (Å²) in [6.07, 6.45) is -0.225. The Bertz CT molecular complexity index is 890. The van der Waals surface area contributed by atoms with Crippen LogP contribution in [-0.2, 0) is 12.8 Å². The number of nitrogens with zero attached hydrogens (tertiary/aromatic N) is 3. The van der Waals surface area contributed by atoms with E-state index in [1.165, 1.54) is 23.9 Å². The van der Waals surface area contributed by atoms with Gasteiger partial charge in [-0.15, -0.1) is 10.2 Å². The standard InChI is InChI=1S/C20H22FN3OS/c1-13-8-14(2)10-18(9-13)25-15(3)19-22-23-20(24(19)4)26-12-16-6-5-7-17(21)11-16/h5-11,15H,12H2,1-4H3.